The van der Waals surface area contributed by atoms with Crippen molar-refractivity contribution in [3.05, 3.63) is 16.7 Å². The van der Waals surface area contributed by atoms with Crippen molar-refractivity contribution in [2.24, 2.45) is 5.92 Å². The third-order valence-electron chi connectivity index (χ3n) is 5.63. The number of hydrogen-bond donors (Lipinski definition) is 1. The molecule has 26 heavy (non-hydrogen) atoms. The molecular formula is C20H32N4OS+2. The standard InChI is InChI=1S/C20H30N4OS/c1-14(2)13-26-19-16(11-21)15-10-20(3,4)23(5)12-17(15)18(22-19)24-6-8-25-9-7-24/h14H,6-10,12-13H2,1-5H3/p+2. The topological polar surface area (TPSA) is 54.8 Å². The minimum atomic E-state index is 0.141. The van der Waals surface area contributed by atoms with Gasteiger partial charge in [-0.25, -0.2) is 4.98 Å². The van der Waals surface area contributed by atoms with E-state index >= 15 is 0 Å². The Balaban J connectivity index is 2.11. The van der Waals surface area contributed by atoms with Crippen LogP contribution in [0.4, 0.5) is 5.82 Å². The van der Waals surface area contributed by atoms with Crippen LogP contribution < -0.4 is 14.8 Å². The molecule has 1 unspecified atom stereocenters. The Morgan fingerprint density at radius 3 is 2.62 bits per heavy atom. The molecule has 1 aromatic heterocycles. The van der Waals surface area contributed by atoms with Gasteiger partial charge >= 0.3 is 0 Å². The first-order valence-corrected chi connectivity index (χ1v) is 10.6. The average molecular weight is 377 g/mol. The summed E-state index contributed by atoms with van der Waals surface area (Å²) in [6.45, 7) is 13.4. The second-order valence-corrected chi connectivity index (χ2v) is 9.60. The summed E-state index contributed by atoms with van der Waals surface area (Å²) < 4.78 is 5.56. The van der Waals surface area contributed by atoms with Gasteiger partial charge in [0.1, 0.15) is 36.8 Å². The summed E-state index contributed by atoms with van der Waals surface area (Å²) in [6, 6.07) is 2.53. The molecule has 0 aromatic carbocycles. The molecule has 0 bridgehead atoms. The Bertz CT molecular complexity index is 705. The number of rotatable bonds is 4. The fourth-order valence-electron chi connectivity index (χ4n) is 3.69. The second kappa shape index (κ2) is 7.75. The maximum Gasteiger partial charge on any atom is 0.284 e. The molecular weight excluding hydrogens is 344 g/mol. The van der Waals surface area contributed by atoms with Crippen molar-refractivity contribution in [1.29, 1.82) is 5.26 Å². The van der Waals surface area contributed by atoms with E-state index in [2.05, 4.69) is 50.7 Å². The maximum atomic E-state index is 9.95. The first-order valence-electron chi connectivity index (χ1n) is 9.63. The van der Waals surface area contributed by atoms with Gasteiger partial charge < -0.3 is 9.64 Å². The van der Waals surface area contributed by atoms with E-state index in [1.54, 1.807) is 11.8 Å². The van der Waals surface area contributed by atoms with Crippen LogP contribution >= 0.6 is 11.8 Å². The fourth-order valence-corrected chi connectivity index (χ4v) is 4.67. The van der Waals surface area contributed by atoms with Gasteiger partial charge in [-0.1, -0.05) is 25.6 Å². The molecule has 2 aliphatic rings. The van der Waals surface area contributed by atoms with E-state index in [1.165, 1.54) is 21.8 Å². The highest BCUT2D eigenvalue weighted by atomic mass is 32.2. The van der Waals surface area contributed by atoms with Crippen molar-refractivity contribution in [3.63, 3.8) is 0 Å². The molecule has 3 heterocycles. The molecule has 0 aliphatic carbocycles. The Morgan fingerprint density at radius 1 is 1.31 bits per heavy atom. The van der Waals surface area contributed by atoms with Crippen molar-refractivity contribution in [2.45, 2.75) is 51.2 Å². The van der Waals surface area contributed by atoms with Crippen LogP contribution in [0.15, 0.2) is 5.03 Å². The lowest BCUT2D eigenvalue weighted by Gasteiger charge is -2.38. The number of morpholine rings is 1. The molecule has 142 valence electrons. The van der Waals surface area contributed by atoms with E-state index in [1.807, 2.05) is 0 Å². The summed E-state index contributed by atoms with van der Waals surface area (Å²) in [5, 5.41) is 11.0. The molecule has 3 rings (SSSR count). The number of hydrogen-bond acceptors (Lipinski definition) is 4. The van der Waals surface area contributed by atoms with Gasteiger partial charge in [0.15, 0.2) is 5.03 Å². The van der Waals surface area contributed by atoms with Gasteiger partial charge in [-0.2, -0.15) is 5.26 Å². The fraction of sp³-hybridized carbons (Fsp3) is 0.700. The SMILES string of the molecule is CC(C)CSc1[nH+]c(N2CCOCC2)c2c(c1C#N)CC(C)(C)[NH+](C)C2. The summed E-state index contributed by atoms with van der Waals surface area (Å²) in [5.74, 6) is 2.82. The van der Waals surface area contributed by atoms with Crippen LogP contribution in [0.1, 0.15) is 44.4 Å². The number of nitrogens with zero attached hydrogens (tertiary/aromatic N) is 2. The number of aromatic nitrogens is 1. The summed E-state index contributed by atoms with van der Waals surface area (Å²) in [5.41, 5.74) is 3.59. The third kappa shape index (κ3) is 3.85. The van der Waals surface area contributed by atoms with Crippen LogP contribution in [0.2, 0.25) is 0 Å². The number of ether oxygens (including phenoxy) is 1. The predicted molar refractivity (Wildman–Crippen MR) is 105 cm³/mol. The molecule has 1 atom stereocenters. The number of likely N-dealkylation sites (N-methyl/N-ethyl adjacent to an activating group) is 1. The minimum Gasteiger partial charge on any atom is -0.373 e. The highest BCUT2D eigenvalue weighted by Gasteiger charge is 2.41. The maximum absolute atomic E-state index is 9.95. The van der Waals surface area contributed by atoms with Gasteiger partial charge in [-0.3, -0.25) is 4.90 Å². The molecule has 0 saturated carbocycles. The van der Waals surface area contributed by atoms with E-state index in [0.717, 1.165) is 55.6 Å². The van der Waals surface area contributed by atoms with Gasteiger partial charge in [0.2, 0.25) is 0 Å². The number of anilines is 1. The molecule has 0 spiro atoms. The van der Waals surface area contributed by atoms with Crippen molar-refractivity contribution in [2.75, 3.05) is 44.0 Å². The van der Waals surface area contributed by atoms with Gasteiger partial charge in [0.05, 0.1) is 25.8 Å². The van der Waals surface area contributed by atoms with E-state index < -0.39 is 0 Å². The Hall–Kier alpha value is -1.29. The quantitative estimate of drug-likeness (QED) is 0.805. The number of quaternary nitrogens is 1. The summed E-state index contributed by atoms with van der Waals surface area (Å²) >= 11 is 1.79. The highest BCUT2D eigenvalue weighted by Crippen LogP contribution is 2.33. The Kier molecular flexibility index (Phi) is 5.81. The van der Waals surface area contributed by atoms with Crippen molar-refractivity contribution >= 4 is 17.6 Å². The molecule has 0 amide bonds. The zero-order valence-electron chi connectivity index (χ0n) is 16.7. The molecule has 2 N–H and O–H groups in total. The lowest BCUT2D eigenvalue weighted by Crippen LogP contribution is -3.16. The summed E-state index contributed by atoms with van der Waals surface area (Å²) in [6.07, 6.45) is 0.943. The predicted octanol–water partition coefficient (Wildman–Crippen LogP) is 1.31. The summed E-state index contributed by atoms with van der Waals surface area (Å²) in [7, 11) is 2.26. The van der Waals surface area contributed by atoms with Gasteiger partial charge in [0.25, 0.3) is 5.82 Å². The van der Waals surface area contributed by atoms with Crippen LogP contribution in [0.5, 0.6) is 0 Å². The Labute approximate surface area is 161 Å². The Morgan fingerprint density at radius 2 is 2.00 bits per heavy atom. The molecule has 5 nitrogen and oxygen atoms in total. The summed E-state index contributed by atoms with van der Waals surface area (Å²) in [4.78, 5) is 7.57. The monoisotopic (exact) mass is 376 g/mol. The largest absolute Gasteiger partial charge is 0.373 e. The second-order valence-electron chi connectivity index (χ2n) is 8.57. The first-order chi connectivity index (χ1) is 12.3. The van der Waals surface area contributed by atoms with Gasteiger partial charge in [-0.05, 0) is 25.3 Å². The van der Waals surface area contributed by atoms with Crippen LogP contribution in [-0.2, 0) is 17.7 Å². The van der Waals surface area contributed by atoms with Gasteiger partial charge in [0, 0.05) is 12.2 Å². The van der Waals surface area contributed by atoms with E-state index in [0.29, 0.717) is 5.92 Å². The number of nitriles is 1. The van der Waals surface area contributed by atoms with E-state index in [-0.39, 0.29) is 5.54 Å². The number of pyridine rings is 1. The van der Waals surface area contributed by atoms with Crippen molar-refractivity contribution in [1.82, 2.24) is 0 Å². The number of aromatic amines is 1. The molecule has 1 fully saturated rings. The van der Waals surface area contributed by atoms with E-state index in [9.17, 15) is 5.26 Å². The zero-order chi connectivity index (χ0) is 18.9. The van der Waals surface area contributed by atoms with Crippen molar-refractivity contribution in [3.8, 4) is 6.07 Å². The smallest absolute Gasteiger partial charge is 0.284 e. The van der Waals surface area contributed by atoms with Crippen LogP contribution in [0.3, 0.4) is 0 Å². The number of H-pyrrole nitrogens is 1. The third-order valence-corrected chi connectivity index (χ3v) is 7.06. The molecule has 6 heteroatoms. The van der Waals surface area contributed by atoms with Crippen LogP contribution in [0, 0.1) is 17.2 Å². The van der Waals surface area contributed by atoms with Crippen LogP contribution in [-0.4, -0.2) is 44.6 Å². The number of fused-ring (bicyclic) bond motifs is 1. The van der Waals surface area contributed by atoms with Crippen molar-refractivity contribution < 1.29 is 14.6 Å². The molecule has 0 radical (unpaired) electrons. The molecule has 1 saturated heterocycles. The van der Waals surface area contributed by atoms with Crippen LogP contribution in [0.25, 0.3) is 0 Å². The minimum absolute atomic E-state index is 0.141. The lowest BCUT2D eigenvalue weighted by atomic mass is 9.84. The zero-order valence-corrected chi connectivity index (χ0v) is 17.6. The number of thioether (sulfide) groups is 1. The highest BCUT2D eigenvalue weighted by molar-refractivity contribution is 7.99. The van der Waals surface area contributed by atoms with E-state index in [4.69, 9.17) is 4.74 Å². The first kappa shape index (κ1) is 19.5. The average Bonchev–Trinajstić information content (AvgIpc) is 2.60. The number of nitrogens with one attached hydrogen (secondary N) is 2. The molecule has 2 aliphatic heterocycles. The lowest BCUT2D eigenvalue weighted by molar-refractivity contribution is -0.945. The normalized spacial score (nSPS) is 22.2. The molecule has 1 aromatic rings. The van der Waals surface area contributed by atoms with Gasteiger partial charge in [-0.15, -0.1) is 0 Å².